The summed E-state index contributed by atoms with van der Waals surface area (Å²) in [6.07, 6.45) is 10.6. The average molecular weight is 459 g/mol. The molecule has 5 nitrogen and oxygen atoms in total. The Bertz CT molecular complexity index is 1050. The lowest BCUT2D eigenvalue weighted by Crippen LogP contribution is -2.42. The molecule has 0 saturated heterocycles. The molecular weight excluding hydrogens is 424 g/mol. The molecule has 1 saturated carbocycles. The highest BCUT2D eigenvalue weighted by atomic mass is 16.4. The smallest absolute Gasteiger partial charge is 0.320 e. The number of carboxylic acid groups (broad SMARTS) is 1. The summed E-state index contributed by atoms with van der Waals surface area (Å²) >= 11 is 0. The van der Waals surface area contributed by atoms with Gasteiger partial charge in [-0.2, -0.15) is 0 Å². The van der Waals surface area contributed by atoms with E-state index in [1.807, 2.05) is 25.1 Å². The lowest BCUT2D eigenvalue weighted by atomic mass is 9.79. The molecule has 178 valence electrons. The van der Waals surface area contributed by atoms with Crippen LogP contribution in [0.3, 0.4) is 0 Å². The third-order valence-corrected chi connectivity index (χ3v) is 6.44. The van der Waals surface area contributed by atoms with Crippen molar-refractivity contribution in [2.24, 2.45) is 11.7 Å². The zero-order valence-electron chi connectivity index (χ0n) is 19.7. The van der Waals surface area contributed by atoms with Crippen LogP contribution in [0.5, 0.6) is 0 Å². The Kier molecular flexibility index (Phi) is 9.00. The van der Waals surface area contributed by atoms with Crippen molar-refractivity contribution in [3.63, 3.8) is 0 Å². The van der Waals surface area contributed by atoms with E-state index in [1.54, 1.807) is 24.3 Å². The number of nitrogens with one attached hydrogen (secondary N) is 1. The molecule has 34 heavy (non-hydrogen) atoms. The fourth-order valence-electron chi connectivity index (χ4n) is 4.44. The molecule has 5 heteroatoms. The second kappa shape index (κ2) is 12.1. The van der Waals surface area contributed by atoms with Gasteiger partial charge in [-0.05, 0) is 55.0 Å². The van der Waals surface area contributed by atoms with E-state index in [0.717, 1.165) is 48.0 Å². The highest BCUT2D eigenvalue weighted by Crippen LogP contribution is 2.31. The summed E-state index contributed by atoms with van der Waals surface area (Å²) in [5.74, 6) is -0.971. The lowest BCUT2D eigenvalue weighted by Gasteiger charge is -2.33. The maximum absolute atomic E-state index is 12.9. The molecule has 1 aliphatic rings. The number of carboxylic acids is 1. The molecule has 3 rings (SSSR count). The van der Waals surface area contributed by atoms with Crippen LogP contribution in [-0.2, 0) is 11.2 Å². The van der Waals surface area contributed by atoms with Crippen LogP contribution in [0.1, 0.15) is 54.1 Å². The van der Waals surface area contributed by atoms with Crippen LogP contribution in [0, 0.1) is 5.92 Å². The topological polar surface area (TPSA) is 92.4 Å². The average Bonchev–Trinajstić information content (AvgIpc) is 2.85. The summed E-state index contributed by atoms with van der Waals surface area (Å²) in [5.41, 5.74) is 10.3. The molecule has 4 N–H and O–H groups in total. The number of nitrogens with two attached hydrogens (primary N) is 1. The minimum absolute atomic E-state index is 0.0318. The van der Waals surface area contributed by atoms with Gasteiger partial charge in [0.1, 0.15) is 6.04 Å². The third kappa shape index (κ3) is 6.78. The molecule has 2 aromatic carbocycles. The van der Waals surface area contributed by atoms with Gasteiger partial charge in [-0.3, -0.25) is 9.59 Å². The molecule has 0 heterocycles. The molecule has 0 aromatic heterocycles. The normalized spacial score (nSPS) is 19.5. The molecule has 1 aliphatic carbocycles. The Labute approximate surface area is 202 Å². The van der Waals surface area contributed by atoms with Gasteiger partial charge in [-0.1, -0.05) is 85.7 Å². The Morgan fingerprint density at radius 2 is 1.74 bits per heavy atom. The van der Waals surface area contributed by atoms with E-state index in [4.69, 9.17) is 10.8 Å². The standard InChI is InChI=1S/C29H34N2O3/c1-3-22(23-9-5-4-6-10-23)16-13-20(2)25-11-7-8-12-27(25)31-28(32)24-17-14-21(15-18-24)19-26(30)29(33)34/h3-6,9-10,13-18,25-27H,2,7-8,11-12,19,30H2,1H3,(H,31,32)(H,33,34)/b16-13-,22-3+/t25-,26-,27-/m0/s1. The highest BCUT2D eigenvalue weighted by Gasteiger charge is 2.28. The van der Waals surface area contributed by atoms with Crippen LogP contribution < -0.4 is 11.1 Å². The van der Waals surface area contributed by atoms with Gasteiger partial charge < -0.3 is 16.2 Å². The molecule has 0 spiro atoms. The number of amides is 1. The van der Waals surface area contributed by atoms with E-state index in [9.17, 15) is 9.59 Å². The minimum Gasteiger partial charge on any atom is -0.480 e. The molecule has 0 radical (unpaired) electrons. The van der Waals surface area contributed by atoms with Gasteiger partial charge in [0.25, 0.3) is 5.91 Å². The van der Waals surface area contributed by atoms with Crippen LogP contribution in [0.2, 0.25) is 0 Å². The zero-order valence-corrected chi connectivity index (χ0v) is 19.7. The fraction of sp³-hybridized carbons (Fsp3) is 0.310. The van der Waals surface area contributed by atoms with Crippen molar-refractivity contribution in [3.05, 3.63) is 102 Å². The van der Waals surface area contributed by atoms with E-state index in [2.05, 4.69) is 42.3 Å². The van der Waals surface area contributed by atoms with Crippen molar-refractivity contribution < 1.29 is 14.7 Å². The number of carbonyl (C=O) groups excluding carboxylic acids is 1. The Balaban J connectivity index is 1.64. The third-order valence-electron chi connectivity index (χ3n) is 6.44. The summed E-state index contributed by atoms with van der Waals surface area (Å²) < 4.78 is 0. The number of allylic oxidation sites excluding steroid dienone is 4. The first-order valence-corrected chi connectivity index (χ1v) is 11.9. The van der Waals surface area contributed by atoms with Gasteiger partial charge in [0.15, 0.2) is 0 Å². The van der Waals surface area contributed by atoms with Gasteiger partial charge in [0.05, 0.1) is 0 Å². The summed E-state index contributed by atoms with van der Waals surface area (Å²) in [4.78, 5) is 23.9. The SMILES string of the molecule is C=C(/C=C\C(=C/C)c1ccccc1)[C@@H]1CCCC[C@@H]1NC(=O)c1ccc(C[C@H](N)C(=O)O)cc1. The van der Waals surface area contributed by atoms with E-state index in [1.165, 1.54) is 0 Å². The Morgan fingerprint density at radius 1 is 1.06 bits per heavy atom. The van der Waals surface area contributed by atoms with E-state index in [-0.39, 0.29) is 24.3 Å². The number of carbonyl (C=O) groups is 2. The van der Waals surface area contributed by atoms with Gasteiger partial charge in [0.2, 0.25) is 0 Å². The largest absolute Gasteiger partial charge is 0.480 e. The fourth-order valence-corrected chi connectivity index (χ4v) is 4.44. The molecule has 1 fully saturated rings. The Hall–Kier alpha value is -3.44. The highest BCUT2D eigenvalue weighted by molar-refractivity contribution is 5.94. The van der Waals surface area contributed by atoms with Gasteiger partial charge in [-0.15, -0.1) is 0 Å². The van der Waals surface area contributed by atoms with Crippen LogP contribution in [-0.4, -0.2) is 29.1 Å². The predicted molar refractivity (Wildman–Crippen MR) is 137 cm³/mol. The quantitative estimate of drug-likeness (QED) is 0.453. The zero-order chi connectivity index (χ0) is 24.5. The van der Waals surface area contributed by atoms with Crippen molar-refractivity contribution in [1.82, 2.24) is 5.32 Å². The molecular formula is C29H34N2O3. The van der Waals surface area contributed by atoms with Crippen LogP contribution in [0.4, 0.5) is 0 Å². The van der Waals surface area contributed by atoms with Gasteiger partial charge >= 0.3 is 5.97 Å². The molecule has 3 atom stereocenters. The number of hydrogen-bond donors (Lipinski definition) is 3. The number of aliphatic carboxylic acids is 1. The van der Waals surface area contributed by atoms with E-state index >= 15 is 0 Å². The molecule has 0 aliphatic heterocycles. The predicted octanol–water partition coefficient (Wildman–Crippen LogP) is 5.15. The summed E-state index contributed by atoms with van der Waals surface area (Å²) in [6.45, 7) is 6.36. The van der Waals surface area contributed by atoms with Gasteiger partial charge in [-0.25, -0.2) is 0 Å². The van der Waals surface area contributed by atoms with E-state index < -0.39 is 12.0 Å². The lowest BCUT2D eigenvalue weighted by molar-refractivity contribution is -0.138. The summed E-state index contributed by atoms with van der Waals surface area (Å²) in [5, 5.41) is 12.2. The minimum atomic E-state index is -1.04. The van der Waals surface area contributed by atoms with Crippen molar-refractivity contribution in [2.45, 2.75) is 51.1 Å². The van der Waals surface area contributed by atoms with Crippen molar-refractivity contribution >= 4 is 17.4 Å². The monoisotopic (exact) mass is 458 g/mol. The summed E-state index contributed by atoms with van der Waals surface area (Å²) in [7, 11) is 0. The van der Waals surface area contributed by atoms with Crippen LogP contribution in [0.25, 0.3) is 5.57 Å². The molecule has 0 unspecified atom stereocenters. The second-order valence-electron chi connectivity index (χ2n) is 8.83. The van der Waals surface area contributed by atoms with Crippen molar-refractivity contribution in [3.8, 4) is 0 Å². The molecule has 0 bridgehead atoms. The number of rotatable bonds is 9. The molecule has 2 aromatic rings. The maximum atomic E-state index is 12.9. The van der Waals surface area contributed by atoms with Crippen LogP contribution >= 0.6 is 0 Å². The summed E-state index contributed by atoms with van der Waals surface area (Å²) in [6, 6.07) is 16.3. The van der Waals surface area contributed by atoms with Crippen molar-refractivity contribution in [2.75, 3.05) is 0 Å². The Morgan fingerprint density at radius 3 is 2.38 bits per heavy atom. The second-order valence-corrected chi connectivity index (χ2v) is 8.83. The van der Waals surface area contributed by atoms with Crippen molar-refractivity contribution in [1.29, 1.82) is 0 Å². The van der Waals surface area contributed by atoms with Crippen LogP contribution in [0.15, 0.2) is 85.0 Å². The number of hydrogen-bond acceptors (Lipinski definition) is 3. The first-order chi connectivity index (χ1) is 16.4. The first-order valence-electron chi connectivity index (χ1n) is 11.9. The van der Waals surface area contributed by atoms with E-state index in [0.29, 0.717) is 5.56 Å². The van der Waals surface area contributed by atoms with Gasteiger partial charge in [0, 0.05) is 17.5 Å². The maximum Gasteiger partial charge on any atom is 0.320 e. The first kappa shape index (κ1) is 25.2. The number of benzene rings is 2. The molecule has 1 amide bonds.